The minimum atomic E-state index is -0.608. The van der Waals surface area contributed by atoms with E-state index in [4.69, 9.17) is 0 Å². The van der Waals surface area contributed by atoms with Gasteiger partial charge in [0.05, 0.1) is 5.71 Å². The van der Waals surface area contributed by atoms with Crippen molar-refractivity contribution in [3.63, 3.8) is 0 Å². The van der Waals surface area contributed by atoms with Crippen LogP contribution in [0.1, 0.15) is 12.5 Å². The molecule has 2 aromatic rings. The summed E-state index contributed by atoms with van der Waals surface area (Å²) < 4.78 is 26.6. The maximum absolute atomic E-state index is 13.5. The van der Waals surface area contributed by atoms with Gasteiger partial charge in [-0.05, 0) is 37.3 Å². The van der Waals surface area contributed by atoms with Crippen LogP contribution in [0.3, 0.4) is 0 Å². The van der Waals surface area contributed by atoms with Gasteiger partial charge in [0.2, 0.25) is 0 Å². The lowest BCUT2D eigenvalue weighted by Crippen LogP contribution is -2.25. The topological polar surface area (TPSA) is 53.5 Å². The third-order valence-corrected chi connectivity index (χ3v) is 2.68. The lowest BCUT2D eigenvalue weighted by molar-refractivity contribution is 0.252. The molecular weight excluding hydrogens is 276 g/mol. The number of nitrogens with one attached hydrogen (secondary N) is 2. The van der Waals surface area contributed by atoms with E-state index < -0.39 is 17.7 Å². The Kier molecular flexibility index (Phi) is 4.61. The molecule has 2 aromatic carbocycles. The second-order valence-electron chi connectivity index (χ2n) is 4.25. The molecule has 0 aliphatic heterocycles. The molecule has 0 aliphatic carbocycles. The molecule has 2 amide bonds. The first-order valence-electron chi connectivity index (χ1n) is 6.18. The molecule has 0 saturated heterocycles. The van der Waals surface area contributed by atoms with Gasteiger partial charge in [0.25, 0.3) is 0 Å². The molecule has 2 N–H and O–H groups in total. The van der Waals surface area contributed by atoms with Gasteiger partial charge in [0, 0.05) is 11.3 Å². The molecule has 6 heteroatoms. The van der Waals surface area contributed by atoms with Gasteiger partial charge >= 0.3 is 6.03 Å². The van der Waals surface area contributed by atoms with Crippen molar-refractivity contribution in [3.8, 4) is 0 Å². The average molecular weight is 289 g/mol. The van der Waals surface area contributed by atoms with Crippen LogP contribution in [0.5, 0.6) is 0 Å². The monoisotopic (exact) mass is 289 g/mol. The minimum Gasteiger partial charge on any atom is -0.307 e. The first-order chi connectivity index (χ1) is 10.1. The standard InChI is InChI=1S/C15H13F2N3O/c1-10(13-9-11(16)7-8-14(13)17)19-20-15(21)18-12-5-3-2-4-6-12/h2-9H,1H3,(H2,18,20,21)/b19-10-. The van der Waals surface area contributed by atoms with Gasteiger partial charge in [-0.25, -0.2) is 19.0 Å². The summed E-state index contributed by atoms with van der Waals surface area (Å²) in [5, 5.41) is 6.29. The first-order valence-corrected chi connectivity index (χ1v) is 6.18. The van der Waals surface area contributed by atoms with Crippen LogP contribution in [0.4, 0.5) is 19.3 Å². The molecule has 0 atom stereocenters. The Labute approximate surface area is 120 Å². The highest BCUT2D eigenvalue weighted by Gasteiger charge is 2.07. The Balaban J connectivity index is 2.03. The average Bonchev–Trinajstić information content (AvgIpc) is 2.48. The van der Waals surface area contributed by atoms with E-state index in [-0.39, 0.29) is 11.3 Å². The number of carbonyl (C=O) groups excluding carboxylic acids is 1. The van der Waals surface area contributed by atoms with Crippen molar-refractivity contribution in [2.75, 3.05) is 5.32 Å². The van der Waals surface area contributed by atoms with Crippen molar-refractivity contribution in [2.24, 2.45) is 5.10 Å². The van der Waals surface area contributed by atoms with Crippen molar-refractivity contribution >= 4 is 17.4 Å². The number of nitrogens with zero attached hydrogens (tertiary/aromatic N) is 1. The van der Waals surface area contributed by atoms with Gasteiger partial charge in [0.15, 0.2) is 0 Å². The van der Waals surface area contributed by atoms with Gasteiger partial charge in [0.1, 0.15) is 11.6 Å². The number of hydrogen-bond acceptors (Lipinski definition) is 2. The van der Waals surface area contributed by atoms with Crippen LogP contribution in [0, 0.1) is 11.6 Å². The smallest absolute Gasteiger partial charge is 0.307 e. The predicted molar refractivity (Wildman–Crippen MR) is 77.2 cm³/mol. The summed E-state index contributed by atoms with van der Waals surface area (Å²) in [5.41, 5.74) is 2.98. The molecule has 0 saturated carbocycles. The van der Waals surface area contributed by atoms with Crippen LogP contribution in [0.15, 0.2) is 53.6 Å². The minimum absolute atomic E-state index is 0.00462. The normalized spacial score (nSPS) is 11.1. The lowest BCUT2D eigenvalue weighted by atomic mass is 10.1. The van der Waals surface area contributed by atoms with E-state index in [9.17, 15) is 13.6 Å². The van der Waals surface area contributed by atoms with E-state index in [1.54, 1.807) is 24.3 Å². The number of urea groups is 1. The zero-order valence-electron chi connectivity index (χ0n) is 11.2. The summed E-state index contributed by atoms with van der Waals surface area (Å²) in [7, 11) is 0. The number of hydrogen-bond donors (Lipinski definition) is 2. The second kappa shape index (κ2) is 6.60. The second-order valence-corrected chi connectivity index (χ2v) is 4.25. The van der Waals surface area contributed by atoms with Crippen molar-refractivity contribution in [1.29, 1.82) is 0 Å². The van der Waals surface area contributed by atoms with Crippen LogP contribution in [0.25, 0.3) is 0 Å². The molecule has 0 heterocycles. The number of halogens is 2. The molecule has 0 spiro atoms. The first kappa shape index (κ1) is 14.6. The Morgan fingerprint density at radius 2 is 1.81 bits per heavy atom. The number of hydrazone groups is 1. The number of benzene rings is 2. The van der Waals surface area contributed by atoms with Crippen LogP contribution in [-0.2, 0) is 0 Å². The maximum Gasteiger partial charge on any atom is 0.339 e. The third kappa shape index (κ3) is 4.10. The Morgan fingerprint density at radius 1 is 1.10 bits per heavy atom. The molecule has 0 aromatic heterocycles. The lowest BCUT2D eigenvalue weighted by Gasteiger charge is -2.06. The molecule has 0 unspecified atom stereocenters. The van der Waals surface area contributed by atoms with Crippen molar-refractivity contribution in [3.05, 3.63) is 65.7 Å². The highest BCUT2D eigenvalue weighted by molar-refractivity contribution is 6.00. The molecule has 21 heavy (non-hydrogen) atoms. The molecule has 0 radical (unpaired) electrons. The van der Waals surface area contributed by atoms with E-state index in [1.807, 2.05) is 6.07 Å². The summed E-state index contributed by atoms with van der Waals surface area (Å²) in [6, 6.07) is 11.2. The van der Waals surface area contributed by atoms with Crippen molar-refractivity contribution < 1.29 is 13.6 Å². The van der Waals surface area contributed by atoms with Crippen LogP contribution in [-0.4, -0.2) is 11.7 Å². The van der Waals surface area contributed by atoms with Crippen LogP contribution < -0.4 is 10.7 Å². The van der Waals surface area contributed by atoms with Crippen molar-refractivity contribution in [1.82, 2.24) is 5.43 Å². The quantitative estimate of drug-likeness (QED) is 0.659. The third-order valence-electron chi connectivity index (χ3n) is 2.68. The van der Waals surface area contributed by atoms with E-state index in [1.165, 1.54) is 6.92 Å². The number of carbonyl (C=O) groups is 1. The fraction of sp³-hybridized carbons (Fsp3) is 0.0667. The van der Waals surface area contributed by atoms with Gasteiger partial charge in [-0.1, -0.05) is 18.2 Å². The fourth-order valence-corrected chi connectivity index (χ4v) is 1.65. The molecule has 2 rings (SSSR count). The van der Waals surface area contributed by atoms with Gasteiger partial charge in [-0.3, -0.25) is 0 Å². The van der Waals surface area contributed by atoms with E-state index in [2.05, 4.69) is 15.8 Å². The summed E-state index contributed by atoms with van der Waals surface area (Å²) in [6.45, 7) is 1.47. The van der Waals surface area contributed by atoms with Crippen LogP contribution >= 0.6 is 0 Å². The van der Waals surface area contributed by atoms with E-state index in [0.29, 0.717) is 5.69 Å². The SMILES string of the molecule is C/C(=N/NC(=O)Nc1ccccc1)c1cc(F)ccc1F. The summed E-state index contributed by atoms with van der Waals surface area (Å²) in [4.78, 5) is 11.6. The van der Waals surface area contributed by atoms with Gasteiger partial charge in [-0.2, -0.15) is 5.10 Å². The maximum atomic E-state index is 13.5. The molecule has 4 nitrogen and oxygen atoms in total. The summed E-state index contributed by atoms with van der Waals surface area (Å²) in [5.74, 6) is -1.18. The molecule has 108 valence electrons. The summed E-state index contributed by atoms with van der Waals surface area (Å²) in [6.07, 6.45) is 0. The van der Waals surface area contributed by atoms with E-state index >= 15 is 0 Å². The molecule has 0 bridgehead atoms. The summed E-state index contributed by atoms with van der Waals surface area (Å²) >= 11 is 0. The fourth-order valence-electron chi connectivity index (χ4n) is 1.65. The molecule has 0 aliphatic rings. The largest absolute Gasteiger partial charge is 0.339 e. The molecular formula is C15H13F2N3O. The zero-order chi connectivity index (χ0) is 15.2. The molecule has 0 fully saturated rings. The predicted octanol–water partition coefficient (Wildman–Crippen LogP) is 3.51. The highest BCUT2D eigenvalue weighted by atomic mass is 19.1. The Morgan fingerprint density at radius 3 is 2.52 bits per heavy atom. The van der Waals surface area contributed by atoms with Crippen molar-refractivity contribution in [2.45, 2.75) is 6.92 Å². The zero-order valence-corrected chi connectivity index (χ0v) is 11.2. The number of anilines is 1. The number of rotatable bonds is 3. The van der Waals surface area contributed by atoms with Crippen LogP contribution in [0.2, 0.25) is 0 Å². The van der Waals surface area contributed by atoms with E-state index in [0.717, 1.165) is 18.2 Å². The Hall–Kier alpha value is -2.76. The van der Waals surface area contributed by atoms with Gasteiger partial charge in [-0.15, -0.1) is 0 Å². The highest BCUT2D eigenvalue weighted by Crippen LogP contribution is 2.10. The Bertz CT molecular complexity index is 672. The number of amides is 2. The number of para-hydroxylation sites is 1. The van der Waals surface area contributed by atoms with Gasteiger partial charge < -0.3 is 5.32 Å².